The Kier molecular flexibility index (Phi) is 6.26. The lowest BCUT2D eigenvalue weighted by molar-refractivity contribution is 0.555. The van der Waals surface area contributed by atoms with Gasteiger partial charge in [0.15, 0.2) is 5.96 Å². The third-order valence-corrected chi connectivity index (χ3v) is 3.60. The number of hydrogen-bond acceptors (Lipinski definition) is 2. The maximum atomic E-state index is 4.62. The van der Waals surface area contributed by atoms with E-state index >= 15 is 0 Å². The van der Waals surface area contributed by atoms with Crippen molar-refractivity contribution < 1.29 is 0 Å². The molecule has 0 aliphatic carbocycles. The van der Waals surface area contributed by atoms with E-state index in [-0.39, 0.29) is 0 Å². The van der Waals surface area contributed by atoms with Gasteiger partial charge in [0, 0.05) is 44.8 Å². The third kappa shape index (κ3) is 5.47. The van der Waals surface area contributed by atoms with Gasteiger partial charge < -0.3 is 15.2 Å². The maximum absolute atomic E-state index is 4.62. The van der Waals surface area contributed by atoms with E-state index in [0.717, 1.165) is 37.7 Å². The Bertz CT molecular complexity index is 637. The summed E-state index contributed by atoms with van der Waals surface area (Å²) in [7, 11) is 2.02. The van der Waals surface area contributed by atoms with Crippen molar-refractivity contribution in [2.75, 3.05) is 13.1 Å². The molecule has 0 aliphatic heterocycles. The molecular weight excluding hydrogens is 288 g/mol. The summed E-state index contributed by atoms with van der Waals surface area (Å²) in [5, 5.41) is 11.2. The lowest BCUT2D eigenvalue weighted by Crippen LogP contribution is -2.38. The van der Waals surface area contributed by atoms with E-state index in [1.165, 1.54) is 11.3 Å². The van der Waals surface area contributed by atoms with Crippen molar-refractivity contribution in [3.8, 4) is 0 Å². The largest absolute Gasteiger partial charge is 0.357 e. The zero-order valence-corrected chi connectivity index (χ0v) is 14.6. The molecule has 0 saturated carbocycles. The van der Waals surface area contributed by atoms with Crippen LogP contribution in [0.2, 0.25) is 0 Å². The first-order valence-corrected chi connectivity index (χ1v) is 8.22. The quantitative estimate of drug-likeness (QED) is 0.466. The van der Waals surface area contributed by atoms with Crippen molar-refractivity contribution in [3.63, 3.8) is 0 Å². The molecule has 6 heteroatoms. The topological polar surface area (TPSA) is 59.2 Å². The molecule has 2 heterocycles. The number of nitrogens with one attached hydrogen (secondary N) is 2. The lowest BCUT2D eigenvalue weighted by Gasteiger charge is -2.11. The fraction of sp³-hybridized carbons (Fsp3) is 0.529. The zero-order valence-electron chi connectivity index (χ0n) is 14.6. The summed E-state index contributed by atoms with van der Waals surface area (Å²) in [5.41, 5.74) is 3.51. The molecule has 0 saturated heterocycles. The van der Waals surface area contributed by atoms with Crippen LogP contribution in [0.1, 0.15) is 30.3 Å². The first-order valence-electron chi connectivity index (χ1n) is 8.22. The zero-order chi connectivity index (χ0) is 16.7. The van der Waals surface area contributed by atoms with Gasteiger partial charge in [-0.3, -0.25) is 4.68 Å². The second kappa shape index (κ2) is 8.41. The minimum Gasteiger partial charge on any atom is -0.357 e. The van der Waals surface area contributed by atoms with Gasteiger partial charge in [-0.25, -0.2) is 4.99 Å². The van der Waals surface area contributed by atoms with Gasteiger partial charge in [-0.1, -0.05) is 0 Å². The van der Waals surface area contributed by atoms with Gasteiger partial charge >= 0.3 is 0 Å². The van der Waals surface area contributed by atoms with Crippen LogP contribution in [0.25, 0.3) is 0 Å². The molecule has 0 aliphatic rings. The Labute approximate surface area is 138 Å². The van der Waals surface area contributed by atoms with Gasteiger partial charge in [0.2, 0.25) is 0 Å². The molecule has 126 valence electrons. The summed E-state index contributed by atoms with van der Waals surface area (Å²) >= 11 is 0. The minimum absolute atomic E-state index is 0.688. The highest BCUT2D eigenvalue weighted by Gasteiger charge is 2.01. The second-order valence-corrected chi connectivity index (χ2v) is 5.81. The van der Waals surface area contributed by atoms with Crippen molar-refractivity contribution in [3.05, 3.63) is 41.5 Å². The van der Waals surface area contributed by atoms with Gasteiger partial charge in [0.05, 0.1) is 12.2 Å². The molecule has 0 atom stereocenters. The molecule has 2 aromatic rings. The molecule has 0 spiro atoms. The fourth-order valence-corrected chi connectivity index (χ4v) is 2.50. The third-order valence-electron chi connectivity index (χ3n) is 3.60. The number of nitrogens with zero attached hydrogens (tertiary/aromatic N) is 4. The SMILES string of the molecule is CCNC(=NCc1ccn(C)c1)NCCCn1nc(C)cc1C. The summed E-state index contributed by atoms with van der Waals surface area (Å²) in [6, 6.07) is 4.20. The highest BCUT2D eigenvalue weighted by atomic mass is 15.3. The van der Waals surface area contributed by atoms with Crippen LogP contribution in [0, 0.1) is 13.8 Å². The molecule has 0 amide bonds. The van der Waals surface area contributed by atoms with Crippen molar-refractivity contribution >= 4 is 5.96 Å². The van der Waals surface area contributed by atoms with Crippen LogP contribution in [0.3, 0.4) is 0 Å². The summed E-state index contributed by atoms with van der Waals surface area (Å²) in [4.78, 5) is 4.62. The predicted molar refractivity (Wildman–Crippen MR) is 94.5 cm³/mol. The Hall–Kier alpha value is -2.24. The van der Waals surface area contributed by atoms with Crippen LogP contribution >= 0.6 is 0 Å². The monoisotopic (exact) mass is 316 g/mol. The average molecular weight is 316 g/mol. The molecule has 2 aromatic heterocycles. The second-order valence-electron chi connectivity index (χ2n) is 5.81. The van der Waals surface area contributed by atoms with Gasteiger partial charge in [0.1, 0.15) is 0 Å². The van der Waals surface area contributed by atoms with Crippen LogP contribution in [-0.2, 0) is 20.1 Å². The molecule has 0 fully saturated rings. The summed E-state index contributed by atoms with van der Waals surface area (Å²) in [5.74, 6) is 0.865. The number of aliphatic imine (C=N–C) groups is 1. The minimum atomic E-state index is 0.688. The number of hydrogen-bond donors (Lipinski definition) is 2. The fourth-order valence-electron chi connectivity index (χ4n) is 2.50. The number of aromatic nitrogens is 3. The van der Waals surface area contributed by atoms with E-state index in [1.54, 1.807) is 0 Å². The molecule has 2 rings (SSSR count). The Morgan fingerprint density at radius 1 is 1.30 bits per heavy atom. The first-order chi connectivity index (χ1) is 11.1. The van der Waals surface area contributed by atoms with E-state index in [9.17, 15) is 0 Å². The molecule has 0 aromatic carbocycles. The van der Waals surface area contributed by atoms with Crippen LogP contribution in [0.5, 0.6) is 0 Å². The van der Waals surface area contributed by atoms with E-state index in [4.69, 9.17) is 0 Å². The van der Waals surface area contributed by atoms with E-state index in [1.807, 2.05) is 24.7 Å². The highest BCUT2D eigenvalue weighted by molar-refractivity contribution is 5.79. The molecule has 2 N–H and O–H groups in total. The molecule has 23 heavy (non-hydrogen) atoms. The van der Waals surface area contributed by atoms with Crippen LogP contribution in [0.15, 0.2) is 29.5 Å². The Morgan fingerprint density at radius 2 is 2.13 bits per heavy atom. The molecule has 6 nitrogen and oxygen atoms in total. The van der Waals surface area contributed by atoms with Gasteiger partial charge in [-0.2, -0.15) is 5.10 Å². The summed E-state index contributed by atoms with van der Waals surface area (Å²) in [6.45, 7) is 9.55. The van der Waals surface area contributed by atoms with Crippen molar-refractivity contribution in [1.82, 2.24) is 25.0 Å². The van der Waals surface area contributed by atoms with Gasteiger partial charge in [0.25, 0.3) is 0 Å². The molecular formula is C17H28N6. The van der Waals surface area contributed by atoms with Crippen molar-refractivity contribution in [2.24, 2.45) is 12.0 Å². The standard InChI is InChI=1S/C17H28N6/c1-5-18-17(20-12-16-7-10-22(4)13-16)19-8-6-9-23-15(3)11-14(2)21-23/h7,10-11,13H,5-6,8-9,12H2,1-4H3,(H2,18,19,20). The lowest BCUT2D eigenvalue weighted by atomic mass is 10.3. The average Bonchev–Trinajstić information content (AvgIpc) is 3.06. The summed E-state index contributed by atoms with van der Waals surface area (Å²) in [6.07, 6.45) is 5.15. The molecule has 0 bridgehead atoms. The number of rotatable bonds is 7. The van der Waals surface area contributed by atoms with Crippen molar-refractivity contribution in [1.29, 1.82) is 0 Å². The Morgan fingerprint density at radius 3 is 2.74 bits per heavy atom. The first kappa shape index (κ1) is 17.1. The number of guanidine groups is 1. The van der Waals surface area contributed by atoms with Crippen LogP contribution in [0.4, 0.5) is 0 Å². The van der Waals surface area contributed by atoms with E-state index in [0.29, 0.717) is 6.54 Å². The molecule has 0 unspecified atom stereocenters. The van der Waals surface area contributed by atoms with E-state index in [2.05, 4.69) is 57.6 Å². The van der Waals surface area contributed by atoms with Crippen LogP contribution in [-0.4, -0.2) is 33.4 Å². The smallest absolute Gasteiger partial charge is 0.191 e. The van der Waals surface area contributed by atoms with Gasteiger partial charge in [-0.05, 0) is 44.9 Å². The summed E-state index contributed by atoms with van der Waals surface area (Å²) < 4.78 is 4.10. The highest BCUT2D eigenvalue weighted by Crippen LogP contribution is 2.03. The normalized spacial score (nSPS) is 11.7. The maximum Gasteiger partial charge on any atom is 0.191 e. The van der Waals surface area contributed by atoms with Gasteiger partial charge in [-0.15, -0.1) is 0 Å². The predicted octanol–water partition coefficient (Wildman–Crippen LogP) is 1.98. The molecule has 0 radical (unpaired) electrons. The number of aryl methyl sites for hydroxylation is 4. The Balaban J connectivity index is 1.78. The van der Waals surface area contributed by atoms with Crippen LogP contribution < -0.4 is 10.6 Å². The van der Waals surface area contributed by atoms with Crippen molar-refractivity contribution in [2.45, 2.75) is 40.3 Å². The van der Waals surface area contributed by atoms with E-state index < -0.39 is 0 Å².